The second kappa shape index (κ2) is 4.31. The van der Waals surface area contributed by atoms with Crippen molar-refractivity contribution in [2.24, 2.45) is 0 Å². The van der Waals surface area contributed by atoms with E-state index in [0.29, 0.717) is 37.4 Å². The van der Waals surface area contributed by atoms with Crippen molar-refractivity contribution < 1.29 is 19.7 Å². The van der Waals surface area contributed by atoms with Gasteiger partial charge in [-0.05, 0) is 18.2 Å². The molecule has 1 aromatic rings. The molecule has 0 unspecified atom stereocenters. The third kappa shape index (κ3) is 1.99. The topological polar surface area (TPSA) is 58.9 Å². The largest absolute Gasteiger partial charge is 0.508 e. The van der Waals surface area contributed by atoms with Crippen LogP contribution in [-0.2, 0) is 10.3 Å². The zero-order valence-corrected chi connectivity index (χ0v) is 9.27. The summed E-state index contributed by atoms with van der Waals surface area (Å²) in [6, 6.07) is 4.89. The molecule has 2 N–H and O–H groups in total. The number of rotatable bonds is 2. The molecule has 1 aliphatic heterocycles. The normalized spacial score (nSPS) is 19.4. The fourth-order valence-electron chi connectivity index (χ4n) is 1.99. The van der Waals surface area contributed by atoms with E-state index in [0.717, 1.165) is 0 Å². The zero-order valence-electron chi connectivity index (χ0n) is 9.27. The molecule has 16 heavy (non-hydrogen) atoms. The smallest absolute Gasteiger partial charge is 0.121 e. The molecule has 4 heteroatoms. The van der Waals surface area contributed by atoms with Crippen LogP contribution in [0.3, 0.4) is 0 Å². The van der Waals surface area contributed by atoms with Gasteiger partial charge in [0.05, 0.1) is 12.7 Å². The van der Waals surface area contributed by atoms with Crippen molar-refractivity contribution in [3.05, 3.63) is 23.8 Å². The third-order valence-corrected chi connectivity index (χ3v) is 3.03. The lowest BCUT2D eigenvalue weighted by molar-refractivity contribution is -0.0690. The second-order valence-electron chi connectivity index (χ2n) is 4.03. The standard InChI is InChI=1S/C12H16O4/c1-15-9-2-3-11(13)10(8-9)12(14)4-6-16-7-5-12/h2-3,8,13-14H,4-7H2,1H3. The molecule has 1 heterocycles. The lowest BCUT2D eigenvalue weighted by Gasteiger charge is -2.33. The summed E-state index contributed by atoms with van der Waals surface area (Å²) in [7, 11) is 1.56. The first-order valence-electron chi connectivity index (χ1n) is 5.33. The van der Waals surface area contributed by atoms with Crippen LogP contribution in [0.1, 0.15) is 18.4 Å². The summed E-state index contributed by atoms with van der Waals surface area (Å²) in [6.07, 6.45) is 0.988. The van der Waals surface area contributed by atoms with E-state index in [-0.39, 0.29) is 5.75 Å². The molecular weight excluding hydrogens is 208 g/mol. The first-order valence-corrected chi connectivity index (χ1v) is 5.33. The van der Waals surface area contributed by atoms with E-state index in [9.17, 15) is 10.2 Å². The van der Waals surface area contributed by atoms with Crippen molar-refractivity contribution in [3.63, 3.8) is 0 Å². The van der Waals surface area contributed by atoms with Crippen LogP contribution < -0.4 is 4.74 Å². The maximum absolute atomic E-state index is 10.4. The second-order valence-corrected chi connectivity index (χ2v) is 4.03. The fourth-order valence-corrected chi connectivity index (χ4v) is 1.99. The summed E-state index contributed by atoms with van der Waals surface area (Å²) in [5, 5.41) is 20.2. The third-order valence-electron chi connectivity index (χ3n) is 3.03. The van der Waals surface area contributed by atoms with Gasteiger partial charge in [-0.25, -0.2) is 0 Å². The minimum Gasteiger partial charge on any atom is -0.508 e. The summed E-state index contributed by atoms with van der Waals surface area (Å²) in [4.78, 5) is 0. The Balaban J connectivity index is 2.37. The van der Waals surface area contributed by atoms with E-state index in [2.05, 4.69) is 0 Å². The van der Waals surface area contributed by atoms with Crippen LogP contribution >= 0.6 is 0 Å². The van der Waals surface area contributed by atoms with Crippen molar-refractivity contribution in [2.75, 3.05) is 20.3 Å². The lowest BCUT2D eigenvalue weighted by atomic mass is 9.86. The average Bonchev–Trinajstić information content (AvgIpc) is 2.30. The molecule has 1 aromatic carbocycles. The predicted molar refractivity (Wildman–Crippen MR) is 58.6 cm³/mol. The Morgan fingerprint density at radius 2 is 2.00 bits per heavy atom. The molecule has 0 spiro atoms. The number of ether oxygens (including phenoxy) is 2. The van der Waals surface area contributed by atoms with E-state index >= 15 is 0 Å². The monoisotopic (exact) mass is 224 g/mol. The van der Waals surface area contributed by atoms with Crippen LogP contribution in [0.4, 0.5) is 0 Å². The molecule has 0 aliphatic carbocycles. The van der Waals surface area contributed by atoms with Crippen LogP contribution in [-0.4, -0.2) is 30.5 Å². The van der Waals surface area contributed by atoms with Crippen LogP contribution in [0.5, 0.6) is 11.5 Å². The van der Waals surface area contributed by atoms with Gasteiger partial charge in [0.1, 0.15) is 11.5 Å². The van der Waals surface area contributed by atoms with E-state index in [4.69, 9.17) is 9.47 Å². The fraction of sp³-hybridized carbons (Fsp3) is 0.500. The first-order chi connectivity index (χ1) is 7.65. The Bertz CT molecular complexity index is 369. The number of aromatic hydroxyl groups is 1. The molecule has 4 nitrogen and oxygen atoms in total. The Morgan fingerprint density at radius 1 is 1.31 bits per heavy atom. The van der Waals surface area contributed by atoms with Crippen LogP contribution in [0.2, 0.25) is 0 Å². The van der Waals surface area contributed by atoms with Gasteiger partial charge in [-0.1, -0.05) is 0 Å². The highest BCUT2D eigenvalue weighted by molar-refractivity contribution is 5.43. The van der Waals surface area contributed by atoms with E-state index in [1.54, 1.807) is 25.3 Å². The predicted octanol–water partition coefficient (Wildman–Crippen LogP) is 1.40. The summed E-state index contributed by atoms with van der Waals surface area (Å²) in [5.74, 6) is 0.734. The van der Waals surface area contributed by atoms with Crippen LogP contribution in [0.25, 0.3) is 0 Å². The molecule has 0 amide bonds. The molecule has 1 fully saturated rings. The minimum atomic E-state index is -1.00. The molecule has 0 bridgehead atoms. The van der Waals surface area contributed by atoms with Gasteiger partial charge in [0.2, 0.25) is 0 Å². The van der Waals surface area contributed by atoms with Gasteiger partial charge in [-0.3, -0.25) is 0 Å². The number of hydrogen-bond acceptors (Lipinski definition) is 4. The van der Waals surface area contributed by atoms with Gasteiger partial charge < -0.3 is 19.7 Å². The number of methoxy groups -OCH3 is 1. The Kier molecular flexibility index (Phi) is 3.03. The van der Waals surface area contributed by atoms with Gasteiger partial charge >= 0.3 is 0 Å². The highest BCUT2D eigenvalue weighted by Crippen LogP contribution is 2.38. The van der Waals surface area contributed by atoms with Gasteiger partial charge in [0.25, 0.3) is 0 Å². The number of benzene rings is 1. The van der Waals surface area contributed by atoms with Gasteiger partial charge in [0.15, 0.2) is 0 Å². The molecule has 0 saturated carbocycles. The Hall–Kier alpha value is -1.26. The summed E-state index contributed by atoms with van der Waals surface area (Å²) in [6.45, 7) is 1.01. The Morgan fingerprint density at radius 3 is 2.62 bits per heavy atom. The maximum atomic E-state index is 10.4. The van der Waals surface area contributed by atoms with Crippen molar-refractivity contribution in [1.82, 2.24) is 0 Å². The molecule has 0 aromatic heterocycles. The molecule has 88 valence electrons. The minimum absolute atomic E-state index is 0.102. The average molecular weight is 224 g/mol. The SMILES string of the molecule is COc1ccc(O)c(C2(O)CCOCC2)c1. The molecule has 1 saturated heterocycles. The Labute approximate surface area is 94.4 Å². The number of hydrogen-bond donors (Lipinski definition) is 2. The van der Waals surface area contributed by atoms with Crippen LogP contribution in [0.15, 0.2) is 18.2 Å². The molecule has 0 radical (unpaired) electrons. The molecule has 0 atom stereocenters. The van der Waals surface area contributed by atoms with Crippen molar-refractivity contribution in [2.45, 2.75) is 18.4 Å². The number of phenolic OH excluding ortho intramolecular Hbond substituents is 1. The lowest BCUT2D eigenvalue weighted by Crippen LogP contribution is -2.33. The van der Waals surface area contributed by atoms with Crippen LogP contribution in [0, 0.1) is 0 Å². The summed E-state index contributed by atoms with van der Waals surface area (Å²) in [5.41, 5.74) is -0.480. The highest BCUT2D eigenvalue weighted by atomic mass is 16.5. The van der Waals surface area contributed by atoms with E-state index in [1.165, 1.54) is 0 Å². The van der Waals surface area contributed by atoms with E-state index in [1.807, 2.05) is 0 Å². The molecule has 2 rings (SSSR count). The number of phenols is 1. The van der Waals surface area contributed by atoms with Crippen molar-refractivity contribution in [1.29, 1.82) is 0 Å². The summed E-state index contributed by atoms with van der Waals surface area (Å²) < 4.78 is 10.3. The quantitative estimate of drug-likeness (QED) is 0.797. The molecular formula is C12H16O4. The zero-order chi connectivity index (χ0) is 11.6. The van der Waals surface area contributed by atoms with Gasteiger partial charge in [0, 0.05) is 31.6 Å². The highest BCUT2D eigenvalue weighted by Gasteiger charge is 2.34. The van der Waals surface area contributed by atoms with Crippen molar-refractivity contribution in [3.8, 4) is 11.5 Å². The molecule has 1 aliphatic rings. The summed E-state index contributed by atoms with van der Waals surface area (Å²) >= 11 is 0. The first kappa shape index (κ1) is 11.2. The van der Waals surface area contributed by atoms with E-state index < -0.39 is 5.60 Å². The van der Waals surface area contributed by atoms with Gasteiger partial charge in [-0.15, -0.1) is 0 Å². The van der Waals surface area contributed by atoms with Crippen molar-refractivity contribution >= 4 is 0 Å². The number of aliphatic hydroxyl groups is 1. The maximum Gasteiger partial charge on any atom is 0.121 e. The van der Waals surface area contributed by atoms with Gasteiger partial charge in [-0.2, -0.15) is 0 Å².